The molecule has 0 saturated carbocycles. The van der Waals surface area contributed by atoms with Crippen LogP contribution in [0.25, 0.3) is 0 Å². The minimum atomic E-state index is 0.301. The summed E-state index contributed by atoms with van der Waals surface area (Å²) in [6, 6.07) is 8.27. The molecule has 2 aliphatic rings. The van der Waals surface area contributed by atoms with Gasteiger partial charge in [-0.25, -0.2) is 0 Å². The fourth-order valence-corrected chi connectivity index (χ4v) is 1.88. The van der Waals surface area contributed by atoms with Crippen LogP contribution in [0.1, 0.15) is 12.0 Å². The molecule has 2 heteroatoms. The van der Waals surface area contributed by atoms with E-state index in [1.54, 1.807) is 0 Å². The lowest BCUT2D eigenvalue weighted by atomic mass is 10.0. The van der Waals surface area contributed by atoms with Gasteiger partial charge >= 0.3 is 0 Å². The van der Waals surface area contributed by atoms with E-state index >= 15 is 0 Å². The van der Waals surface area contributed by atoms with Crippen LogP contribution in [0.2, 0.25) is 0 Å². The number of fused-ring (bicyclic) bond motifs is 1. The number of hydrogen-bond donors (Lipinski definition) is 0. The van der Waals surface area contributed by atoms with Gasteiger partial charge in [-0.05, 0) is 24.5 Å². The maximum absolute atomic E-state index is 5.83. The van der Waals surface area contributed by atoms with Crippen LogP contribution in [-0.4, -0.2) is 18.8 Å². The molecule has 0 radical (unpaired) electrons. The first-order valence-corrected chi connectivity index (χ1v) is 4.79. The highest BCUT2D eigenvalue weighted by Crippen LogP contribution is 2.31. The van der Waals surface area contributed by atoms with Crippen LogP contribution in [0.5, 0.6) is 5.75 Å². The summed E-state index contributed by atoms with van der Waals surface area (Å²) in [5.41, 5.74) is 1.33. The standard InChI is InChI=1S/C11H12O2/c1-2-4-9-8(3-1)5-6-10(13-9)11-7-12-11/h1-4,10-11H,5-7H2/t10-,11?/m1/s1. The van der Waals surface area contributed by atoms with Crippen molar-refractivity contribution in [3.63, 3.8) is 0 Å². The molecule has 1 saturated heterocycles. The maximum Gasteiger partial charge on any atom is 0.127 e. The molecular weight excluding hydrogens is 164 g/mol. The first-order chi connectivity index (χ1) is 6.43. The second-order valence-corrected chi connectivity index (χ2v) is 3.67. The van der Waals surface area contributed by atoms with Gasteiger partial charge < -0.3 is 9.47 Å². The second-order valence-electron chi connectivity index (χ2n) is 3.67. The Morgan fingerprint density at radius 1 is 1.15 bits per heavy atom. The first kappa shape index (κ1) is 7.39. The van der Waals surface area contributed by atoms with Gasteiger partial charge in [0.2, 0.25) is 0 Å². The van der Waals surface area contributed by atoms with Crippen molar-refractivity contribution < 1.29 is 9.47 Å². The van der Waals surface area contributed by atoms with Gasteiger partial charge in [-0.2, -0.15) is 0 Å². The summed E-state index contributed by atoms with van der Waals surface area (Å²) in [6.07, 6.45) is 2.89. The Morgan fingerprint density at radius 3 is 2.85 bits per heavy atom. The zero-order valence-corrected chi connectivity index (χ0v) is 7.40. The summed E-state index contributed by atoms with van der Waals surface area (Å²) in [6.45, 7) is 0.882. The molecule has 0 aromatic heterocycles. The quantitative estimate of drug-likeness (QED) is 0.608. The molecule has 0 spiro atoms. The molecule has 2 heterocycles. The Morgan fingerprint density at radius 2 is 2.00 bits per heavy atom. The van der Waals surface area contributed by atoms with E-state index in [-0.39, 0.29) is 0 Å². The van der Waals surface area contributed by atoms with Crippen molar-refractivity contribution in [1.82, 2.24) is 0 Å². The Balaban J connectivity index is 1.85. The number of epoxide rings is 1. The Hall–Kier alpha value is -1.02. The van der Waals surface area contributed by atoms with Gasteiger partial charge in [0.25, 0.3) is 0 Å². The van der Waals surface area contributed by atoms with Gasteiger partial charge in [0.05, 0.1) is 6.61 Å². The smallest absolute Gasteiger partial charge is 0.127 e. The zero-order chi connectivity index (χ0) is 8.67. The monoisotopic (exact) mass is 176 g/mol. The molecule has 1 aromatic rings. The lowest BCUT2D eigenvalue weighted by Gasteiger charge is -2.24. The van der Waals surface area contributed by atoms with E-state index in [0.29, 0.717) is 12.2 Å². The van der Waals surface area contributed by atoms with E-state index in [2.05, 4.69) is 12.1 Å². The second kappa shape index (κ2) is 2.74. The van der Waals surface area contributed by atoms with Crippen LogP contribution >= 0.6 is 0 Å². The van der Waals surface area contributed by atoms with Crippen LogP contribution < -0.4 is 4.74 Å². The largest absolute Gasteiger partial charge is 0.487 e. The topological polar surface area (TPSA) is 21.8 Å². The maximum atomic E-state index is 5.83. The minimum absolute atomic E-state index is 0.301. The molecule has 68 valence electrons. The van der Waals surface area contributed by atoms with Crippen molar-refractivity contribution in [2.24, 2.45) is 0 Å². The molecular formula is C11H12O2. The van der Waals surface area contributed by atoms with Crippen LogP contribution in [0.4, 0.5) is 0 Å². The lowest BCUT2D eigenvalue weighted by Crippen LogP contribution is -2.27. The zero-order valence-electron chi connectivity index (χ0n) is 7.40. The molecule has 3 rings (SSSR count). The number of ether oxygens (including phenoxy) is 2. The summed E-state index contributed by atoms with van der Waals surface area (Å²) in [5.74, 6) is 1.05. The molecule has 1 fully saturated rings. The molecule has 13 heavy (non-hydrogen) atoms. The lowest BCUT2D eigenvalue weighted by molar-refractivity contribution is 0.136. The minimum Gasteiger partial charge on any atom is -0.487 e. The van der Waals surface area contributed by atoms with E-state index in [0.717, 1.165) is 25.2 Å². The van der Waals surface area contributed by atoms with Gasteiger partial charge in [0.1, 0.15) is 18.0 Å². The fraction of sp³-hybridized carbons (Fsp3) is 0.455. The molecule has 2 nitrogen and oxygen atoms in total. The molecule has 0 aliphatic carbocycles. The van der Waals surface area contributed by atoms with Crippen molar-refractivity contribution in [3.8, 4) is 5.75 Å². The number of hydrogen-bond acceptors (Lipinski definition) is 2. The van der Waals surface area contributed by atoms with E-state index < -0.39 is 0 Å². The molecule has 1 unspecified atom stereocenters. The predicted octanol–water partition coefficient (Wildman–Crippen LogP) is 1.78. The van der Waals surface area contributed by atoms with Crippen molar-refractivity contribution in [2.75, 3.05) is 6.61 Å². The van der Waals surface area contributed by atoms with Gasteiger partial charge in [-0.15, -0.1) is 0 Å². The number of benzene rings is 1. The van der Waals surface area contributed by atoms with E-state index in [9.17, 15) is 0 Å². The van der Waals surface area contributed by atoms with E-state index in [1.165, 1.54) is 5.56 Å². The van der Waals surface area contributed by atoms with Crippen LogP contribution in [0.3, 0.4) is 0 Å². The highest BCUT2D eigenvalue weighted by Gasteiger charge is 2.36. The Bertz CT molecular complexity index is 318. The first-order valence-electron chi connectivity index (χ1n) is 4.79. The highest BCUT2D eigenvalue weighted by molar-refractivity contribution is 5.35. The molecule has 2 aliphatic heterocycles. The Labute approximate surface area is 77.5 Å². The van der Waals surface area contributed by atoms with Gasteiger partial charge in [-0.3, -0.25) is 0 Å². The summed E-state index contributed by atoms with van der Waals surface area (Å²) >= 11 is 0. The van der Waals surface area contributed by atoms with Gasteiger partial charge in [-0.1, -0.05) is 18.2 Å². The average molecular weight is 176 g/mol. The van der Waals surface area contributed by atoms with E-state index in [1.807, 2.05) is 12.1 Å². The molecule has 0 amide bonds. The number of aryl methyl sites for hydroxylation is 1. The highest BCUT2D eigenvalue weighted by atomic mass is 16.6. The van der Waals surface area contributed by atoms with Crippen molar-refractivity contribution in [3.05, 3.63) is 29.8 Å². The molecule has 0 bridgehead atoms. The van der Waals surface area contributed by atoms with Crippen molar-refractivity contribution in [2.45, 2.75) is 25.0 Å². The summed E-state index contributed by atoms with van der Waals surface area (Å²) in [4.78, 5) is 0. The SMILES string of the molecule is c1ccc2c(c1)CC[C@H](C1CO1)O2. The number of rotatable bonds is 1. The fourth-order valence-electron chi connectivity index (χ4n) is 1.88. The average Bonchev–Trinajstić information content (AvgIpc) is 3.00. The van der Waals surface area contributed by atoms with Gasteiger partial charge in [0.15, 0.2) is 0 Å². The van der Waals surface area contributed by atoms with Crippen LogP contribution in [-0.2, 0) is 11.2 Å². The third-order valence-corrected chi connectivity index (χ3v) is 2.72. The third kappa shape index (κ3) is 1.31. The Kier molecular flexibility index (Phi) is 1.56. The third-order valence-electron chi connectivity index (χ3n) is 2.72. The molecule has 0 N–H and O–H groups in total. The summed E-state index contributed by atoms with van der Waals surface area (Å²) in [5, 5.41) is 0. The van der Waals surface area contributed by atoms with Crippen molar-refractivity contribution >= 4 is 0 Å². The van der Waals surface area contributed by atoms with Crippen LogP contribution in [0, 0.1) is 0 Å². The van der Waals surface area contributed by atoms with Crippen LogP contribution in [0.15, 0.2) is 24.3 Å². The normalized spacial score (nSPS) is 30.5. The number of para-hydroxylation sites is 1. The van der Waals surface area contributed by atoms with E-state index in [4.69, 9.17) is 9.47 Å². The summed E-state index contributed by atoms with van der Waals surface area (Å²) < 4.78 is 11.1. The molecule has 2 atom stereocenters. The van der Waals surface area contributed by atoms with Gasteiger partial charge in [0, 0.05) is 0 Å². The predicted molar refractivity (Wildman–Crippen MR) is 48.9 cm³/mol. The molecule has 1 aromatic carbocycles. The van der Waals surface area contributed by atoms with Crippen molar-refractivity contribution in [1.29, 1.82) is 0 Å². The summed E-state index contributed by atoms with van der Waals surface area (Å²) in [7, 11) is 0.